The molecule has 0 bridgehead atoms. The molecule has 11 heteroatoms. The zero-order chi connectivity index (χ0) is 32.7. The van der Waals surface area contributed by atoms with Crippen LogP contribution in [-0.4, -0.2) is 43.8 Å². The fourth-order valence-electron chi connectivity index (χ4n) is 5.66. The normalized spacial score (nSPS) is 14.1. The van der Waals surface area contributed by atoms with Gasteiger partial charge in [-0.2, -0.15) is 0 Å². The topological polar surface area (TPSA) is 86.8 Å². The highest BCUT2D eigenvalue weighted by atomic mass is 35.5. The Bertz CT molecular complexity index is 1750. The van der Waals surface area contributed by atoms with Crippen LogP contribution in [0.4, 0.5) is 10.1 Å². The minimum Gasteiger partial charge on any atom is -0.352 e. The Morgan fingerprint density at radius 1 is 0.826 bits per heavy atom. The molecule has 1 N–H and O–H groups in total. The average molecular weight is 683 g/mol. The Morgan fingerprint density at radius 2 is 1.41 bits per heavy atom. The van der Waals surface area contributed by atoms with E-state index in [0.29, 0.717) is 5.56 Å². The Balaban J connectivity index is 1.60. The van der Waals surface area contributed by atoms with Crippen molar-refractivity contribution in [2.75, 3.05) is 10.8 Å². The highest BCUT2D eigenvalue weighted by Gasteiger charge is 2.36. The molecular weight excluding hydrogens is 648 g/mol. The summed E-state index contributed by atoms with van der Waals surface area (Å²) in [5.41, 5.74) is 0.889. The summed E-state index contributed by atoms with van der Waals surface area (Å²) in [4.78, 5) is 29.8. The van der Waals surface area contributed by atoms with E-state index in [1.807, 2.05) is 30.3 Å². The van der Waals surface area contributed by atoms with Crippen molar-refractivity contribution in [3.8, 4) is 0 Å². The van der Waals surface area contributed by atoms with Gasteiger partial charge in [-0.25, -0.2) is 12.8 Å². The summed E-state index contributed by atoms with van der Waals surface area (Å²) in [6.45, 7) is -0.981. The second-order valence-corrected chi connectivity index (χ2v) is 13.9. The molecule has 5 rings (SSSR count). The Labute approximate surface area is 279 Å². The van der Waals surface area contributed by atoms with Gasteiger partial charge in [0.2, 0.25) is 11.8 Å². The fourth-order valence-corrected chi connectivity index (χ4v) is 7.62. The van der Waals surface area contributed by atoms with Crippen LogP contribution in [0.2, 0.25) is 10.0 Å². The first-order chi connectivity index (χ1) is 22.1. The van der Waals surface area contributed by atoms with Gasteiger partial charge in [-0.15, -0.1) is 0 Å². The van der Waals surface area contributed by atoms with Crippen molar-refractivity contribution in [3.63, 3.8) is 0 Å². The van der Waals surface area contributed by atoms with E-state index in [1.54, 1.807) is 36.4 Å². The molecule has 0 aliphatic heterocycles. The van der Waals surface area contributed by atoms with Crippen LogP contribution in [0, 0.1) is 5.82 Å². The maximum atomic E-state index is 15.3. The van der Waals surface area contributed by atoms with Gasteiger partial charge >= 0.3 is 0 Å². The lowest BCUT2D eigenvalue weighted by molar-refractivity contribution is -0.140. The second kappa shape index (κ2) is 15.1. The molecule has 4 aromatic carbocycles. The molecule has 1 aliphatic carbocycles. The number of benzene rings is 4. The van der Waals surface area contributed by atoms with Crippen LogP contribution < -0.4 is 9.62 Å². The van der Waals surface area contributed by atoms with Gasteiger partial charge < -0.3 is 10.2 Å². The van der Waals surface area contributed by atoms with E-state index < -0.39 is 34.3 Å². The van der Waals surface area contributed by atoms with E-state index >= 15 is 4.39 Å². The van der Waals surface area contributed by atoms with Gasteiger partial charge in [0.05, 0.1) is 10.6 Å². The minimum absolute atomic E-state index is 0.0417. The standard InChI is InChI=1S/C35H34Cl2FN3O4S/c36-29-18-11-19-30(37)28(29)23-40(33(22-25-12-3-1-4-13-25)35(43)39-26-14-7-8-15-26)34(42)24-41(32-21-10-9-20-31(32)38)46(44,45)27-16-5-2-6-17-27/h1-6,9-13,16-21,26,33H,7-8,14-15,22-24H2,(H,39,43)/t33-/m0/s1. The predicted molar refractivity (Wildman–Crippen MR) is 179 cm³/mol. The van der Waals surface area contributed by atoms with Crippen LogP contribution in [-0.2, 0) is 32.6 Å². The largest absolute Gasteiger partial charge is 0.352 e. The molecule has 0 spiro atoms. The van der Waals surface area contributed by atoms with E-state index in [-0.39, 0.29) is 45.5 Å². The van der Waals surface area contributed by atoms with Crippen LogP contribution in [0.25, 0.3) is 0 Å². The number of carbonyl (C=O) groups is 2. The Kier molecular flexibility index (Phi) is 11.0. The number of hydrogen-bond donors (Lipinski definition) is 1. The summed E-state index contributed by atoms with van der Waals surface area (Å²) < 4.78 is 44.0. The van der Waals surface area contributed by atoms with Gasteiger partial charge in [-0.1, -0.05) is 103 Å². The van der Waals surface area contributed by atoms with Crippen LogP contribution in [0.5, 0.6) is 0 Å². The number of nitrogens with zero attached hydrogens (tertiary/aromatic N) is 2. The zero-order valence-electron chi connectivity index (χ0n) is 25.0. The molecule has 0 radical (unpaired) electrons. The molecule has 2 amide bonds. The first kappa shape index (κ1) is 33.4. The lowest BCUT2D eigenvalue weighted by Crippen LogP contribution is -2.54. The van der Waals surface area contributed by atoms with Crippen molar-refractivity contribution in [2.45, 2.75) is 55.6 Å². The first-order valence-electron chi connectivity index (χ1n) is 15.0. The zero-order valence-corrected chi connectivity index (χ0v) is 27.3. The highest BCUT2D eigenvalue weighted by Crippen LogP contribution is 2.30. The van der Waals surface area contributed by atoms with Gasteiger partial charge in [-0.3, -0.25) is 13.9 Å². The van der Waals surface area contributed by atoms with Crippen molar-refractivity contribution in [1.29, 1.82) is 0 Å². The number of amides is 2. The molecule has 0 saturated heterocycles. The number of carbonyl (C=O) groups excluding carboxylic acids is 2. The molecule has 1 aliphatic rings. The van der Waals surface area contributed by atoms with Crippen molar-refractivity contribution in [2.24, 2.45) is 0 Å². The average Bonchev–Trinajstić information content (AvgIpc) is 3.57. The fraction of sp³-hybridized carbons (Fsp3) is 0.257. The summed E-state index contributed by atoms with van der Waals surface area (Å²) in [5.74, 6) is -1.94. The molecule has 0 heterocycles. The number of anilines is 1. The van der Waals surface area contributed by atoms with E-state index in [9.17, 15) is 18.0 Å². The van der Waals surface area contributed by atoms with E-state index in [1.165, 1.54) is 35.2 Å². The van der Waals surface area contributed by atoms with Gasteiger partial charge in [0.1, 0.15) is 18.4 Å². The lowest BCUT2D eigenvalue weighted by Gasteiger charge is -2.34. The number of halogens is 3. The van der Waals surface area contributed by atoms with Gasteiger partial charge in [0.15, 0.2) is 0 Å². The summed E-state index contributed by atoms with van der Waals surface area (Å²) in [6, 6.07) is 25.9. The summed E-state index contributed by atoms with van der Waals surface area (Å²) in [5, 5.41) is 3.67. The number of hydrogen-bond acceptors (Lipinski definition) is 4. The van der Waals surface area contributed by atoms with E-state index in [0.717, 1.165) is 41.6 Å². The molecule has 4 aromatic rings. The lowest BCUT2D eigenvalue weighted by atomic mass is 10.0. The molecular formula is C35H34Cl2FN3O4S. The Hall–Kier alpha value is -3.92. The SMILES string of the molecule is O=C(NC1CCCC1)[C@H](Cc1ccccc1)N(Cc1c(Cl)cccc1Cl)C(=O)CN(c1ccccc1F)S(=O)(=O)c1ccccc1. The number of para-hydroxylation sites is 1. The van der Waals surface area contributed by atoms with Gasteiger partial charge in [0.25, 0.3) is 10.0 Å². The third-order valence-corrected chi connectivity index (χ3v) is 10.6. The number of rotatable bonds is 12. The molecule has 0 aromatic heterocycles. The summed E-state index contributed by atoms with van der Waals surface area (Å²) >= 11 is 13.1. The smallest absolute Gasteiger partial charge is 0.264 e. The van der Waals surface area contributed by atoms with Crippen molar-refractivity contribution < 1.29 is 22.4 Å². The van der Waals surface area contributed by atoms with Gasteiger partial charge in [0, 0.05) is 34.6 Å². The maximum absolute atomic E-state index is 15.3. The molecule has 7 nitrogen and oxygen atoms in total. The van der Waals surface area contributed by atoms with Crippen molar-refractivity contribution in [1.82, 2.24) is 10.2 Å². The Morgan fingerprint density at radius 3 is 2.04 bits per heavy atom. The first-order valence-corrected chi connectivity index (χ1v) is 17.2. The number of sulfonamides is 1. The van der Waals surface area contributed by atoms with E-state index in [4.69, 9.17) is 23.2 Å². The molecule has 1 atom stereocenters. The van der Waals surface area contributed by atoms with Gasteiger partial charge in [-0.05, 0) is 54.8 Å². The molecule has 46 heavy (non-hydrogen) atoms. The maximum Gasteiger partial charge on any atom is 0.264 e. The molecule has 0 unspecified atom stereocenters. The van der Waals surface area contributed by atoms with E-state index in [2.05, 4.69) is 5.32 Å². The molecule has 240 valence electrons. The highest BCUT2D eigenvalue weighted by molar-refractivity contribution is 7.92. The quantitative estimate of drug-likeness (QED) is 0.174. The molecule has 1 fully saturated rings. The third kappa shape index (κ3) is 7.89. The molecule has 1 saturated carbocycles. The number of nitrogens with one attached hydrogen (secondary N) is 1. The summed E-state index contributed by atoms with van der Waals surface area (Å²) in [7, 11) is -4.42. The predicted octanol–water partition coefficient (Wildman–Crippen LogP) is 7.03. The summed E-state index contributed by atoms with van der Waals surface area (Å²) in [6.07, 6.45) is 3.76. The second-order valence-electron chi connectivity index (χ2n) is 11.2. The minimum atomic E-state index is -4.42. The monoisotopic (exact) mass is 681 g/mol. The third-order valence-electron chi connectivity index (χ3n) is 8.09. The van der Waals surface area contributed by atoms with Crippen LogP contribution >= 0.6 is 23.2 Å². The van der Waals surface area contributed by atoms with Crippen LogP contribution in [0.15, 0.2) is 108 Å². The van der Waals surface area contributed by atoms with Crippen LogP contribution in [0.3, 0.4) is 0 Å². The van der Waals surface area contributed by atoms with Crippen LogP contribution in [0.1, 0.15) is 36.8 Å². The van der Waals surface area contributed by atoms with Crippen molar-refractivity contribution in [3.05, 3.63) is 130 Å². The van der Waals surface area contributed by atoms with Crippen molar-refractivity contribution >= 4 is 50.7 Å².